The summed E-state index contributed by atoms with van der Waals surface area (Å²) in [5.74, 6) is -4.06. The molecule has 0 unspecified atom stereocenters. The Morgan fingerprint density at radius 2 is 1.53 bits per heavy atom. The zero-order chi connectivity index (χ0) is 11.8. The van der Waals surface area contributed by atoms with Crippen molar-refractivity contribution < 1.29 is 32.0 Å². The van der Waals surface area contributed by atoms with Gasteiger partial charge < -0.3 is 10.0 Å². The summed E-state index contributed by atoms with van der Waals surface area (Å²) in [6.45, 7) is 0. The fourth-order valence-electron chi connectivity index (χ4n) is 0.983. The number of hydrogen-bond acceptors (Lipinski definition) is 2. The molecule has 0 aliphatic heterocycles. The van der Waals surface area contributed by atoms with Gasteiger partial charge in [-0.2, -0.15) is 13.2 Å². The number of benzene rings is 1. The summed E-state index contributed by atoms with van der Waals surface area (Å²) in [6.07, 6.45) is -5.02. The molecule has 0 atom stereocenters. The van der Waals surface area contributed by atoms with Crippen LogP contribution in [-0.2, 0) is 6.18 Å². The van der Waals surface area contributed by atoms with Crippen LogP contribution in [0.4, 0.5) is 22.0 Å². The number of alkyl halides is 3. The first kappa shape index (κ1) is 11.9. The van der Waals surface area contributed by atoms with Crippen molar-refractivity contribution in [2.75, 3.05) is 0 Å². The van der Waals surface area contributed by atoms with Gasteiger partial charge in [0.25, 0.3) is 0 Å². The topological polar surface area (TPSA) is 40.5 Å². The van der Waals surface area contributed by atoms with Crippen LogP contribution in [-0.4, -0.2) is 17.2 Å². The number of halogens is 5. The Kier molecular flexibility index (Phi) is 3.01. The van der Waals surface area contributed by atoms with Crippen molar-refractivity contribution in [1.29, 1.82) is 0 Å². The van der Waals surface area contributed by atoms with Gasteiger partial charge in [-0.05, 0) is 6.07 Å². The summed E-state index contributed by atoms with van der Waals surface area (Å²) in [6, 6.07) is 0.707. The van der Waals surface area contributed by atoms with Crippen LogP contribution in [0.25, 0.3) is 0 Å². The molecule has 0 amide bonds. The molecule has 0 saturated carbocycles. The summed E-state index contributed by atoms with van der Waals surface area (Å²) in [5, 5.41) is 17.0. The van der Waals surface area contributed by atoms with E-state index >= 15 is 0 Å². The largest absolute Gasteiger partial charge is 0.491 e. The maximum absolute atomic E-state index is 12.8. The van der Waals surface area contributed by atoms with Gasteiger partial charge in [0, 0.05) is 5.46 Å². The van der Waals surface area contributed by atoms with Crippen LogP contribution in [0.3, 0.4) is 0 Å². The maximum Gasteiger partial charge on any atom is 0.491 e. The van der Waals surface area contributed by atoms with Crippen molar-refractivity contribution in [3.63, 3.8) is 0 Å². The Balaban J connectivity index is 3.34. The van der Waals surface area contributed by atoms with Crippen LogP contribution in [0.15, 0.2) is 12.1 Å². The molecule has 0 radical (unpaired) electrons. The maximum atomic E-state index is 12.8. The van der Waals surface area contributed by atoms with Crippen LogP contribution in [0.1, 0.15) is 5.56 Å². The molecule has 1 rings (SSSR count). The predicted octanol–water partition coefficient (Wildman–Crippen LogP) is 0.663. The minimum absolute atomic E-state index is 0.243. The lowest BCUT2D eigenvalue weighted by atomic mass is 9.79. The first-order valence-electron chi connectivity index (χ1n) is 3.66. The summed E-state index contributed by atoms with van der Waals surface area (Å²) >= 11 is 0. The van der Waals surface area contributed by atoms with Crippen molar-refractivity contribution in [1.82, 2.24) is 0 Å². The smallest absolute Gasteiger partial charge is 0.423 e. The SMILES string of the molecule is OB(O)c1ccc(C(F)(F)F)c(F)c1F. The summed E-state index contributed by atoms with van der Waals surface area (Å²) < 4.78 is 61.7. The van der Waals surface area contributed by atoms with Crippen molar-refractivity contribution in [2.45, 2.75) is 6.18 Å². The third-order valence-corrected chi connectivity index (χ3v) is 1.70. The molecule has 0 aliphatic carbocycles. The van der Waals surface area contributed by atoms with E-state index in [-0.39, 0.29) is 6.07 Å². The van der Waals surface area contributed by atoms with Crippen LogP contribution in [0.5, 0.6) is 0 Å². The average Bonchev–Trinajstić information content (AvgIpc) is 2.06. The molecule has 0 aliphatic rings. The highest BCUT2D eigenvalue weighted by Gasteiger charge is 2.36. The average molecular weight is 226 g/mol. The van der Waals surface area contributed by atoms with E-state index in [0.29, 0.717) is 6.07 Å². The first-order chi connectivity index (χ1) is 6.75. The van der Waals surface area contributed by atoms with Gasteiger partial charge in [0.1, 0.15) is 0 Å². The zero-order valence-corrected chi connectivity index (χ0v) is 7.02. The Morgan fingerprint density at radius 1 is 1.00 bits per heavy atom. The number of hydrogen-bond donors (Lipinski definition) is 2. The Bertz CT molecular complexity index is 376. The van der Waals surface area contributed by atoms with E-state index in [1.807, 2.05) is 0 Å². The van der Waals surface area contributed by atoms with Gasteiger partial charge in [-0.1, -0.05) is 6.07 Å². The minimum atomic E-state index is -5.02. The first-order valence-corrected chi connectivity index (χ1v) is 3.66. The zero-order valence-electron chi connectivity index (χ0n) is 7.02. The molecule has 15 heavy (non-hydrogen) atoms. The highest BCUT2D eigenvalue weighted by molar-refractivity contribution is 6.58. The van der Waals surface area contributed by atoms with Gasteiger partial charge in [-0.3, -0.25) is 0 Å². The summed E-state index contributed by atoms with van der Waals surface area (Å²) in [7, 11) is -2.36. The van der Waals surface area contributed by atoms with Gasteiger partial charge in [-0.25, -0.2) is 8.78 Å². The molecule has 2 N–H and O–H groups in total. The molecule has 8 heteroatoms. The van der Waals surface area contributed by atoms with Gasteiger partial charge in [0.2, 0.25) is 0 Å². The predicted molar refractivity (Wildman–Crippen MR) is 41.2 cm³/mol. The molecular formula is C7H4BF5O2. The molecule has 0 heterocycles. The second-order valence-electron chi connectivity index (χ2n) is 2.70. The number of rotatable bonds is 1. The standard InChI is InChI=1S/C7H4BF5O2/c9-5-3(7(11,12)13)1-2-4(6(5)10)8(14)15/h1-2,14-15H. The van der Waals surface area contributed by atoms with Crippen molar-refractivity contribution in [2.24, 2.45) is 0 Å². The molecule has 0 saturated heterocycles. The summed E-state index contributed by atoms with van der Waals surface area (Å²) in [5.41, 5.74) is -2.73. The summed E-state index contributed by atoms with van der Waals surface area (Å²) in [4.78, 5) is 0. The van der Waals surface area contributed by atoms with Crippen LogP contribution in [0.2, 0.25) is 0 Å². The van der Waals surface area contributed by atoms with E-state index < -0.39 is 36.0 Å². The van der Waals surface area contributed by atoms with E-state index in [1.165, 1.54) is 0 Å². The van der Waals surface area contributed by atoms with Gasteiger partial charge in [0.15, 0.2) is 11.6 Å². The molecule has 0 fully saturated rings. The monoisotopic (exact) mass is 226 g/mol. The lowest BCUT2D eigenvalue weighted by Gasteiger charge is -2.10. The Morgan fingerprint density at radius 3 is 1.93 bits per heavy atom. The molecule has 1 aromatic rings. The van der Waals surface area contributed by atoms with Gasteiger partial charge in [-0.15, -0.1) is 0 Å². The second kappa shape index (κ2) is 3.78. The molecule has 0 aromatic heterocycles. The molecule has 2 nitrogen and oxygen atoms in total. The van der Waals surface area contributed by atoms with Crippen molar-refractivity contribution in [3.8, 4) is 0 Å². The molecule has 0 spiro atoms. The highest BCUT2D eigenvalue weighted by Crippen LogP contribution is 2.31. The quantitative estimate of drug-likeness (QED) is 0.545. The minimum Gasteiger partial charge on any atom is -0.423 e. The fourth-order valence-corrected chi connectivity index (χ4v) is 0.983. The Hall–Kier alpha value is -1.15. The fraction of sp³-hybridized carbons (Fsp3) is 0.143. The highest BCUT2D eigenvalue weighted by atomic mass is 19.4. The van der Waals surface area contributed by atoms with E-state index in [9.17, 15) is 22.0 Å². The van der Waals surface area contributed by atoms with Crippen LogP contribution in [0, 0.1) is 11.6 Å². The van der Waals surface area contributed by atoms with E-state index in [0.717, 1.165) is 0 Å². The van der Waals surface area contributed by atoms with Gasteiger partial charge in [0.05, 0.1) is 5.56 Å². The second-order valence-corrected chi connectivity index (χ2v) is 2.70. The van der Waals surface area contributed by atoms with E-state index in [1.54, 1.807) is 0 Å². The molecule has 82 valence electrons. The Labute approximate surface area is 81.1 Å². The van der Waals surface area contributed by atoms with E-state index in [4.69, 9.17) is 10.0 Å². The third kappa shape index (κ3) is 2.27. The van der Waals surface area contributed by atoms with Crippen LogP contribution >= 0.6 is 0 Å². The third-order valence-electron chi connectivity index (χ3n) is 1.70. The van der Waals surface area contributed by atoms with Gasteiger partial charge >= 0.3 is 13.3 Å². The van der Waals surface area contributed by atoms with Crippen LogP contribution < -0.4 is 5.46 Å². The lowest BCUT2D eigenvalue weighted by Crippen LogP contribution is -2.34. The molecule has 0 bridgehead atoms. The normalized spacial score (nSPS) is 11.7. The van der Waals surface area contributed by atoms with Crippen molar-refractivity contribution >= 4 is 12.6 Å². The van der Waals surface area contributed by atoms with Crippen molar-refractivity contribution in [3.05, 3.63) is 29.3 Å². The van der Waals surface area contributed by atoms with E-state index in [2.05, 4.69) is 0 Å². The molecular weight excluding hydrogens is 222 g/mol. The lowest BCUT2D eigenvalue weighted by molar-refractivity contribution is -0.140. The molecule has 1 aromatic carbocycles.